The maximum Gasteiger partial charge on any atom is 0.327 e. The van der Waals surface area contributed by atoms with Gasteiger partial charge in [0, 0.05) is 13.1 Å². The summed E-state index contributed by atoms with van der Waals surface area (Å²) in [6.07, 6.45) is 0.0449. The summed E-state index contributed by atoms with van der Waals surface area (Å²) in [5, 5.41) is 18.8. The zero-order chi connectivity index (χ0) is 19.4. The number of nitrogens with zero attached hydrogens (tertiary/aromatic N) is 2. The molecule has 3 rings (SSSR count). The van der Waals surface area contributed by atoms with Crippen molar-refractivity contribution in [1.29, 1.82) is 0 Å². The van der Waals surface area contributed by atoms with Crippen LogP contribution in [0.2, 0.25) is 0 Å². The van der Waals surface area contributed by atoms with E-state index in [4.69, 9.17) is 5.11 Å². The van der Waals surface area contributed by atoms with Gasteiger partial charge in [0.05, 0.1) is 6.42 Å². The first-order chi connectivity index (χ1) is 13.0. The van der Waals surface area contributed by atoms with Crippen LogP contribution in [0.5, 0.6) is 5.75 Å². The van der Waals surface area contributed by atoms with Crippen molar-refractivity contribution in [2.24, 2.45) is 0 Å². The highest BCUT2D eigenvalue weighted by atomic mass is 16.4. The van der Waals surface area contributed by atoms with Crippen molar-refractivity contribution >= 4 is 17.9 Å². The number of benzene rings is 2. The number of rotatable bonds is 7. The number of carbonyl (C=O) groups excluding carboxylic acids is 2. The average Bonchev–Trinajstić information content (AvgIpc) is 2.85. The molecule has 0 aromatic heterocycles. The minimum absolute atomic E-state index is 0.0428. The van der Waals surface area contributed by atoms with Crippen molar-refractivity contribution in [2.45, 2.75) is 25.4 Å². The van der Waals surface area contributed by atoms with Gasteiger partial charge >= 0.3 is 12.0 Å². The van der Waals surface area contributed by atoms with Crippen molar-refractivity contribution in [2.75, 3.05) is 6.54 Å². The third-order valence-corrected chi connectivity index (χ3v) is 4.50. The molecule has 1 atom stereocenters. The zero-order valence-corrected chi connectivity index (χ0v) is 14.6. The number of phenols is 1. The van der Waals surface area contributed by atoms with Crippen LogP contribution < -0.4 is 0 Å². The Morgan fingerprint density at radius 1 is 1.00 bits per heavy atom. The van der Waals surface area contributed by atoms with Crippen LogP contribution in [0, 0.1) is 0 Å². The van der Waals surface area contributed by atoms with Crippen molar-refractivity contribution in [1.82, 2.24) is 9.80 Å². The number of aliphatic carboxylic acids is 1. The maximum absolute atomic E-state index is 12.8. The normalized spacial score (nSPS) is 16.8. The van der Waals surface area contributed by atoms with Gasteiger partial charge in [0.2, 0.25) is 0 Å². The van der Waals surface area contributed by atoms with Gasteiger partial charge in [-0.2, -0.15) is 0 Å². The number of carboxylic acid groups (broad SMARTS) is 1. The molecule has 1 heterocycles. The van der Waals surface area contributed by atoms with E-state index in [-0.39, 0.29) is 18.8 Å². The molecular formula is C20H20N2O5. The van der Waals surface area contributed by atoms with Gasteiger partial charge in [-0.05, 0) is 29.7 Å². The summed E-state index contributed by atoms with van der Waals surface area (Å²) in [6, 6.07) is 14.2. The van der Waals surface area contributed by atoms with E-state index in [1.807, 2.05) is 30.3 Å². The maximum atomic E-state index is 12.8. The van der Waals surface area contributed by atoms with Gasteiger partial charge in [-0.15, -0.1) is 0 Å². The smallest absolute Gasteiger partial charge is 0.327 e. The fourth-order valence-corrected chi connectivity index (χ4v) is 3.18. The van der Waals surface area contributed by atoms with Crippen LogP contribution in [0.4, 0.5) is 4.79 Å². The largest absolute Gasteiger partial charge is 0.508 e. The summed E-state index contributed by atoms with van der Waals surface area (Å²) in [5.74, 6) is -1.60. The molecule has 1 saturated heterocycles. The molecule has 27 heavy (non-hydrogen) atoms. The molecule has 0 spiro atoms. The zero-order valence-electron chi connectivity index (χ0n) is 14.6. The second-order valence-corrected chi connectivity index (χ2v) is 6.42. The van der Waals surface area contributed by atoms with Gasteiger partial charge in [0.25, 0.3) is 5.91 Å². The molecule has 140 valence electrons. The molecule has 0 unspecified atom stereocenters. The summed E-state index contributed by atoms with van der Waals surface area (Å²) in [5.41, 5.74) is 1.61. The van der Waals surface area contributed by atoms with E-state index < -0.39 is 30.4 Å². The second-order valence-electron chi connectivity index (χ2n) is 6.42. The number of amides is 3. The van der Waals surface area contributed by atoms with E-state index in [0.717, 1.165) is 10.5 Å². The summed E-state index contributed by atoms with van der Waals surface area (Å²) in [6.45, 7) is 0.243. The van der Waals surface area contributed by atoms with E-state index in [0.29, 0.717) is 12.0 Å². The predicted molar refractivity (Wildman–Crippen MR) is 96.9 cm³/mol. The van der Waals surface area contributed by atoms with Crippen LogP contribution >= 0.6 is 0 Å². The lowest BCUT2D eigenvalue weighted by Crippen LogP contribution is -2.36. The number of imide groups is 1. The molecule has 0 radical (unpaired) electrons. The van der Waals surface area contributed by atoms with Crippen molar-refractivity contribution in [3.63, 3.8) is 0 Å². The molecule has 7 nitrogen and oxygen atoms in total. The summed E-state index contributed by atoms with van der Waals surface area (Å²) in [4.78, 5) is 39.1. The summed E-state index contributed by atoms with van der Waals surface area (Å²) in [7, 11) is 0. The highest BCUT2D eigenvalue weighted by Crippen LogP contribution is 2.24. The molecule has 0 bridgehead atoms. The van der Waals surface area contributed by atoms with E-state index in [1.54, 1.807) is 12.1 Å². The lowest BCUT2D eigenvalue weighted by atomic mass is 10.1. The molecule has 0 aliphatic carbocycles. The molecule has 2 N–H and O–H groups in total. The quantitative estimate of drug-likeness (QED) is 0.731. The molecule has 1 aliphatic heterocycles. The van der Waals surface area contributed by atoms with Gasteiger partial charge in [-0.3, -0.25) is 14.5 Å². The number of aromatic hydroxyl groups is 1. The number of carboxylic acids is 1. The molecule has 2 aromatic rings. The number of phenolic OH excluding ortho intramolecular Hbond substituents is 1. The number of hydrogen-bond donors (Lipinski definition) is 2. The van der Waals surface area contributed by atoms with Crippen molar-refractivity contribution < 1.29 is 24.6 Å². The SMILES string of the molecule is O=C(O)C[C@H]1C(=O)N(CCc2ccccc2)C(=O)N1Cc1cccc(O)c1. The highest BCUT2D eigenvalue weighted by molar-refractivity contribution is 6.05. The van der Waals surface area contributed by atoms with Crippen LogP contribution in [0.25, 0.3) is 0 Å². The molecule has 0 saturated carbocycles. The van der Waals surface area contributed by atoms with Crippen LogP contribution in [0.3, 0.4) is 0 Å². The first-order valence-corrected chi connectivity index (χ1v) is 8.61. The fraction of sp³-hybridized carbons (Fsp3) is 0.250. The summed E-state index contributed by atoms with van der Waals surface area (Å²) < 4.78 is 0. The first-order valence-electron chi connectivity index (χ1n) is 8.61. The van der Waals surface area contributed by atoms with Crippen molar-refractivity contribution in [3.8, 4) is 5.75 Å². The lowest BCUT2D eigenvalue weighted by Gasteiger charge is -2.21. The van der Waals surface area contributed by atoms with Crippen LogP contribution in [0.1, 0.15) is 17.5 Å². The first kappa shape index (κ1) is 18.4. The minimum Gasteiger partial charge on any atom is -0.508 e. The average molecular weight is 368 g/mol. The molecule has 3 amide bonds. The monoisotopic (exact) mass is 368 g/mol. The standard InChI is InChI=1S/C20H20N2O5/c23-16-8-4-7-15(11-16)13-22-17(12-18(24)25)19(26)21(20(22)27)10-9-14-5-2-1-3-6-14/h1-8,11,17,23H,9-10,12-13H2,(H,24,25)/t17-/m0/s1. The summed E-state index contributed by atoms with van der Waals surface area (Å²) >= 11 is 0. The molecule has 7 heteroatoms. The van der Waals surface area contributed by atoms with Crippen LogP contribution in [-0.2, 0) is 22.6 Å². The molecule has 1 fully saturated rings. The van der Waals surface area contributed by atoms with Crippen LogP contribution in [-0.4, -0.2) is 50.5 Å². The van der Waals surface area contributed by atoms with Crippen LogP contribution in [0.15, 0.2) is 54.6 Å². The van der Waals surface area contributed by atoms with Gasteiger partial charge in [-0.25, -0.2) is 4.79 Å². The predicted octanol–water partition coefficient (Wildman–Crippen LogP) is 2.24. The third kappa shape index (κ3) is 4.25. The second kappa shape index (κ2) is 7.90. The Hall–Kier alpha value is -3.35. The Morgan fingerprint density at radius 2 is 1.70 bits per heavy atom. The van der Waals surface area contributed by atoms with Gasteiger partial charge in [-0.1, -0.05) is 42.5 Å². The Balaban J connectivity index is 1.78. The van der Waals surface area contributed by atoms with Gasteiger partial charge < -0.3 is 15.1 Å². The highest BCUT2D eigenvalue weighted by Gasteiger charge is 2.45. The van der Waals surface area contributed by atoms with Gasteiger partial charge in [0.1, 0.15) is 11.8 Å². The van der Waals surface area contributed by atoms with E-state index in [2.05, 4.69) is 0 Å². The molecule has 1 aliphatic rings. The lowest BCUT2D eigenvalue weighted by molar-refractivity contribution is -0.141. The Morgan fingerprint density at radius 3 is 2.37 bits per heavy atom. The molecular weight excluding hydrogens is 348 g/mol. The third-order valence-electron chi connectivity index (χ3n) is 4.50. The Kier molecular flexibility index (Phi) is 5.40. The Bertz CT molecular complexity index is 852. The van der Waals surface area contributed by atoms with Gasteiger partial charge in [0.15, 0.2) is 0 Å². The van der Waals surface area contributed by atoms with E-state index >= 15 is 0 Å². The Labute approximate surface area is 156 Å². The topological polar surface area (TPSA) is 98.2 Å². The van der Waals surface area contributed by atoms with E-state index in [9.17, 15) is 19.5 Å². The number of carbonyl (C=O) groups is 3. The van der Waals surface area contributed by atoms with E-state index in [1.165, 1.54) is 17.0 Å². The van der Waals surface area contributed by atoms with Crippen molar-refractivity contribution in [3.05, 3.63) is 65.7 Å². The molecule has 2 aromatic carbocycles. The number of urea groups is 1. The fourth-order valence-electron chi connectivity index (χ4n) is 3.18. The minimum atomic E-state index is -1.15. The number of hydrogen-bond acceptors (Lipinski definition) is 4.